The molecule has 0 fully saturated rings. The average Bonchev–Trinajstić information content (AvgIpc) is 3.62. The summed E-state index contributed by atoms with van der Waals surface area (Å²) in [5.74, 6) is 0.695. The van der Waals surface area contributed by atoms with Crippen LogP contribution in [0.15, 0.2) is 152 Å². The van der Waals surface area contributed by atoms with Gasteiger partial charge in [0.15, 0.2) is 0 Å². The van der Waals surface area contributed by atoms with Crippen LogP contribution in [0.5, 0.6) is 5.75 Å². The van der Waals surface area contributed by atoms with Gasteiger partial charge in [0.05, 0.1) is 27.8 Å². The van der Waals surface area contributed by atoms with E-state index in [4.69, 9.17) is 19.6 Å². The zero-order valence-electron chi connectivity index (χ0n) is 38.9. The van der Waals surface area contributed by atoms with Crippen molar-refractivity contribution in [3.8, 4) is 67.5 Å². The number of hydrogen-bond donors (Lipinski definition) is 1. The highest BCUT2D eigenvalue weighted by Gasteiger charge is 2.24. The zero-order chi connectivity index (χ0) is 44.5. The second-order valence-electron chi connectivity index (χ2n) is 16.1. The Hall–Kier alpha value is -6.26. The molecule has 0 radical (unpaired) electrons. The van der Waals surface area contributed by atoms with Crippen molar-refractivity contribution < 1.29 is 14.7 Å². The molecule has 4 heteroatoms. The minimum Gasteiger partial charge on any atom is -0.507 e. The van der Waals surface area contributed by atoms with E-state index in [-0.39, 0.29) is 22.1 Å². The lowest BCUT2D eigenvalue weighted by Gasteiger charge is -2.23. The first-order valence-electron chi connectivity index (χ1n) is 22.0. The summed E-state index contributed by atoms with van der Waals surface area (Å²) in [4.78, 5) is 10.1. The molecule has 2 heterocycles. The lowest BCUT2D eigenvalue weighted by molar-refractivity contribution is 0.477. The van der Waals surface area contributed by atoms with Crippen molar-refractivity contribution in [1.82, 2.24) is 14.5 Å². The molecule has 0 aliphatic rings. The first kappa shape index (κ1) is 28.2. The molecule has 0 bridgehead atoms. The molecule has 0 spiro atoms. The van der Waals surface area contributed by atoms with Gasteiger partial charge in [0.2, 0.25) is 0 Å². The third-order valence-electron chi connectivity index (χ3n) is 10.1. The van der Waals surface area contributed by atoms with Crippen LogP contribution < -0.4 is 0 Å². The highest BCUT2D eigenvalue weighted by Crippen LogP contribution is 2.41. The fourth-order valence-corrected chi connectivity index (χ4v) is 6.97. The Morgan fingerprint density at radius 1 is 0.582 bits per heavy atom. The van der Waals surface area contributed by atoms with Gasteiger partial charge in [-0.2, -0.15) is 0 Å². The summed E-state index contributed by atoms with van der Waals surface area (Å²) in [6.45, 7) is 10.2. The van der Waals surface area contributed by atoms with Gasteiger partial charge in [-0.25, -0.2) is 4.98 Å². The molecule has 1 N–H and O–H groups in total. The van der Waals surface area contributed by atoms with Gasteiger partial charge in [0.1, 0.15) is 11.6 Å². The number of aromatic nitrogens is 3. The van der Waals surface area contributed by atoms with E-state index in [0.717, 1.165) is 55.7 Å². The minimum absolute atomic E-state index is 0.00167. The van der Waals surface area contributed by atoms with E-state index in [2.05, 4.69) is 94.6 Å². The van der Waals surface area contributed by atoms with Gasteiger partial charge >= 0.3 is 0 Å². The molecule has 4 nitrogen and oxygen atoms in total. The highest BCUT2D eigenvalue weighted by atomic mass is 16.3. The van der Waals surface area contributed by atoms with E-state index in [0.29, 0.717) is 22.6 Å². The van der Waals surface area contributed by atoms with Gasteiger partial charge in [-0.1, -0.05) is 138 Å². The van der Waals surface area contributed by atoms with Crippen molar-refractivity contribution in [3.63, 3.8) is 0 Å². The number of para-hydroxylation sites is 2. The Balaban J connectivity index is 1.37. The van der Waals surface area contributed by atoms with Crippen LogP contribution in [0.1, 0.15) is 67.8 Å². The number of phenols is 1. The summed E-state index contributed by atoms with van der Waals surface area (Å²) in [6, 6.07) is 37.9. The van der Waals surface area contributed by atoms with E-state index in [1.807, 2.05) is 48.5 Å². The summed E-state index contributed by atoms with van der Waals surface area (Å²) in [7, 11) is 0. The third-order valence-corrected chi connectivity index (χ3v) is 10.1. The van der Waals surface area contributed by atoms with Gasteiger partial charge in [-0.05, 0) is 111 Å². The first-order chi connectivity index (χ1) is 29.2. The van der Waals surface area contributed by atoms with Gasteiger partial charge in [-0.15, -0.1) is 0 Å². The zero-order valence-corrected chi connectivity index (χ0v) is 31.9. The fraction of sp³-hybridized carbons (Fsp3) is 0.176. The summed E-state index contributed by atoms with van der Waals surface area (Å²) < 4.78 is 60.3. The van der Waals surface area contributed by atoms with Crippen LogP contribution in [0.4, 0.5) is 0 Å². The molecular weight excluding hydrogens is 671 g/mol. The van der Waals surface area contributed by atoms with Crippen LogP contribution in [0.2, 0.25) is 0 Å². The molecule has 0 aliphatic heterocycles. The summed E-state index contributed by atoms with van der Waals surface area (Å²) in [5, 5.41) is 11.3. The number of phenolic OH excluding ortho intramolecular Hbond substituents is 1. The van der Waals surface area contributed by atoms with Crippen molar-refractivity contribution in [2.45, 2.75) is 59.2 Å². The maximum absolute atomic E-state index is 11.3. The van der Waals surface area contributed by atoms with Crippen LogP contribution in [-0.2, 0) is 10.8 Å². The SMILES string of the molecule is [2H]c1c([2H])c(C([2H])([2H])[2H])c([2H])c([2H])c1-c1ccnc(-c2cc(-c3cccc4c3nc(-c3ccccc3O)n4-c3cc(-c4ccccc4)cc(C(C)(C)C)c3)cc(C(C)(C)C)c2)c1. The molecule has 55 heavy (non-hydrogen) atoms. The van der Waals surface area contributed by atoms with Crippen molar-refractivity contribution in [2.75, 3.05) is 0 Å². The van der Waals surface area contributed by atoms with Crippen LogP contribution in [-0.4, -0.2) is 19.6 Å². The van der Waals surface area contributed by atoms with Gasteiger partial charge in [0, 0.05) is 27.1 Å². The number of benzene rings is 6. The Morgan fingerprint density at radius 2 is 1.25 bits per heavy atom. The molecule has 8 rings (SSSR count). The molecule has 0 amide bonds. The van der Waals surface area contributed by atoms with Crippen LogP contribution in [0.3, 0.4) is 0 Å². The molecule has 0 unspecified atom stereocenters. The summed E-state index contributed by atoms with van der Waals surface area (Å²) in [5.41, 5.74) is 9.70. The molecule has 0 aliphatic carbocycles. The predicted molar refractivity (Wildman–Crippen MR) is 230 cm³/mol. The fourth-order valence-electron chi connectivity index (χ4n) is 6.97. The molecule has 6 aromatic carbocycles. The quantitative estimate of drug-likeness (QED) is 0.186. The van der Waals surface area contributed by atoms with E-state index in [9.17, 15) is 5.11 Å². The van der Waals surface area contributed by atoms with Crippen LogP contribution in [0, 0.1) is 6.85 Å². The maximum atomic E-state index is 11.3. The van der Waals surface area contributed by atoms with Gasteiger partial charge < -0.3 is 5.11 Å². The number of rotatable bonds is 6. The average molecular weight is 725 g/mol. The number of aromatic hydroxyl groups is 1. The normalized spacial score (nSPS) is 14.0. The monoisotopic (exact) mass is 724 g/mol. The van der Waals surface area contributed by atoms with Gasteiger partial charge in [0.25, 0.3) is 0 Å². The van der Waals surface area contributed by atoms with Crippen LogP contribution in [0.25, 0.3) is 72.7 Å². The Labute approximate surface area is 334 Å². The number of nitrogens with zero attached hydrogens (tertiary/aromatic N) is 3. The second-order valence-corrected chi connectivity index (χ2v) is 16.1. The van der Waals surface area contributed by atoms with Crippen molar-refractivity contribution in [3.05, 3.63) is 168 Å². The third kappa shape index (κ3) is 7.08. The van der Waals surface area contributed by atoms with E-state index in [1.54, 1.807) is 30.5 Å². The van der Waals surface area contributed by atoms with Crippen molar-refractivity contribution in [2.24, 2.45) is 0 Å². The molecule has 8 aromatic rings. The Morgan fingerprint density at radius 3 is 1.98 bits per heavy atom. The lowest BCUT2D eigenvalue weighted by Crippen LogP contribution is -2.12. The molecule has 0 atom stereocenters. The number of pyridine rings is 1. The summed E-state index contributed by atoms with van der Waals surface area (Å²) >= 11 is 0. The minimum atomic E-state index is -2.81. The van der Waals surface area contributed by atoms with E-state index < -0.39 is 36.6 Å². The van der Waals surface area contributed by atoms with Crippen LogP contribution >= 0.6 is 0 Å². The Bertz CT molecular complexity index is 3000. The predicted octanol–water partition coefficient (Wildman–Crippen LogP) is 13.4. The second kappa shape index (κ2) is 13.9. The molecule has 272 valence electrons. The molecule has 0 saturated heterocycles. The van der Waals surface area contributed by atoms with Gasteiger partial charge in [-0.3, -0.25) is 9.55 Å². The number of fused-ring (bicyclic) bond motifs is 1. The topological polar surface area (TPSA) is 50.9 Å². The number of imidazole rings is 1. The lowest BCUT2D eigenvalue weighted by atomic mass is 9.83. The first-order valence-corrected chi connectivity index (χ1v) is 18.5. The largest absolute Gasteiger partial charge is 0.507 e. The van der Waals surface area contributed by atoms with Crippen molar-refractivity contribution in [1.29, 1.82) is 0 Å². The highest BCUT2D eigenvalue weighted by molar-refractivity contribution is 5.97. The standard InChI is InChI=1S/C51H47N3O/c1-33-20-22-35(23-21-33)36-24-25-52-45(31-36)39-26-38(28-40(29-39)50(2,3)4)43-17-13-18-46-48(43)53-49(44-16-11-12-19-47(44)55)54(46)42-30-37(34-14-9-8-10-15-34)27-41(32-42)51(5,6)7/h8-32,55H,1-7H3/i1D3,20D,21D,22D,23D. The molecule has 2 aromatic heterocycles. The van der Waals surface area contributed by atoms with E-state index in [1.165, 1.54) is 0 Å². The molecule has 0 saturated carbocycles. The smallest absolute Gasteiger partial charge is 0.149 e. The van der Waals surface area contributed by atoms with E-state index >= 15 is 0 Å². The maximum Gasteiger partial charge on any atom is 0.149 e. The summed E-state index contributed by atoms with van der Waals surface area (Å²) in [6.07, 6.45) is 1.56. The number of hydrogen-bond acceptors (Lipinski definition) is 3. The van der Waals surface area contributed by atoms with Crippen molar-refractivity contribution >= 4 is 11.0 Å². The molecular formula is C51H47N3O. The Kier molecular flexibility index (Phi) is 7.11.